The fourth-order valence-corrected chi connectivity index (χ4v) is 1.95. The van der Waals surface area contributed by atoms with Gasteiger partial charge in [0.2, 0.25) is 0 Å². The Labute approximate surface area is 106 Å². The van der Waals surface area contributed by atoms with Crippen molar-refractivity contribution in [1.29, 1.82) is 0 Å². The largest absolute Gasteiger partial charge is 0.334 e. The summed E-state index contributed by atoms with van der Waals surface area (Å²) in [6.45, 7) is 4.11. The topological polar surface area (TPSA) is 38.9 Å². The summed E-state index contributed by atoms with van der Waals surface area (Å²) in [6.07, 6.45) is 1.86. The molecule has 1 aromatic carbocycles. The number of hydrogen-bond donors (Lipinski definition) is 0. The molecular weight excluding hydrogens is 236 g/mol. The van der Waals surface area contributed by atoms with E-state index in [0.717, 1.165) is 18.4 Å². The second-order valence-corrected chi connectivity index (χ2v) is 4.61. The SMILES string of the molecule is CCCC(Cl)c1noc(-c2cccc(C)c2)n1. The molecule has 1 unspecified atom stereocenters. The molecule has 0 spiro atoms. The standard InChI is InChI=1S/C13H15ClN2O/c1-3-5-11(14)12-15-13(17-16-12)10-7-4-6-9(2)8-10/h4,6-8,11H,3,5H2,1-2H3. The van der Waals surface area contributed by atoms with Gasteiger partial charge in [-0.25, -0.2) is 0 Å². The van der Waals surface area contributed by atoms with E-state index in [4.69, 9.17) is 16.1 Å². The first-order valence-corrected chi connectivity index (χ1v) is 6.19. The molecule has 3 nitrogen and oxygen atoms in total. The minimum atomic E-state index is -0.165. The average molecular weight is 251 g/mol. The van der Waals surface area contributed by atoms with E-state index < -0.39 is 0 Å². The number of benzene rings is 1. The van der Waals surface area contributed by atoms with Crippen molar-refractivity contribution < 1.29 is 4.52 Å². The van der Waals surface area contributed by atoms with Gasteiger partial charge >= 0.3 is 0 Å². The number of halogens is 1. The molecule has 0 aliphatic heterocycles. The van der Waals surface area contributed by atoms with E-state index in [0.29, 0.717) is 11.7 Å². The zero-order valence-electron chi connectivity index (χ0n) is 9.98. The number of aromatic nitrogens is 2. The van der Waals surface area contributed by atoms with Gasteiger partial charge < -0.3 is 4.52 Å². The van der Waals surface area contributed by atoms with Crippen molar-refractivity contribution >= 4 is 11.6 Å². The summed E-state index contributed by atoms with van der Waals surface area (Å²) < 4.78 is 5.23. The van der Waals surface area contributed by atoms with Crippen molar-refractivity contribution in [2.45, 2.75) is 32.1 Å². The number of nitrogens with zero attached hydrogens (tertiary/aromatic N) is 2. The molecule has 2 rings (SSSR count). The first kappa shape index (κ1) is 12.1. The van der Waals surface area contributed by atoms with Crippen LogP contribution in [0.1, 0.15) is 36.5 Å². The minimum absolute atomic E-state index is 0.165. The van der Waals surface area contributed by atoms with Gasteiger partial charge in [-0.15, -0.1) is 11.6 Å². The Hall–Kier alpha value is -1.35. The third-order valence-electron chi connectivity index (χ3n) is 2.53. The van der Waals surface area contributed by atoms with Gasteiger partial charge in [-0.3, -0.25) is 0 Å². The molecule has 0 saturated heterocycles. The molecular formula is C13H15ClN2O. The Morgan fingerprint density at radius 2 is 2.24 bits per heavy atom. The van der Waals surface area contributed by atoms with Crippen LogP contribution in [0.5, 0.6) is 0 Å². The predicted octanol–water partition coefficient (Wildman–Crippen LogP) is 4.13. The van der Waals surface area contributed by atoms with Gasteiger partial charge in [0.1, 0.15) is 0 Å². The molecule has 1 heterocycles. The molecule has 0 amide bonds. The number of alkyl halides is 1. The molecule has 0 N–H and O–H groups in total. The summed E-state index contributed by atoms with van der Waals surface area (Å²) in [5.41, 5.74) is 2.10. The molecule has 1 atom stereocenters. The quantitative estimate of drug-likeness (QED) is 0.766. The Morgan fingerprint density at radius 3 is 2.94 bits per heavy atom. The third kappa shape index (κ3) is 2.86. The van der Waals surface area contributed by atoms with Crippen LogP contribution in [0, 0.1) is 6.92 Å². The molecule has 0 bridgehead atoms. The number of rotatable bonds is 4. The molecule has 0 saturated carbocycles. The van der Waals surface area contributed by atoms with E-state index in [-0.39, 0.29) is 5.38 Å². The lowest BCUT2D eigenvalue weighted by atomic mass is 10.1. The van der Waals surface area contributed by atoms with Gasteiger partial charge in [-0.05, 0) is 25.5 Å². The fourth-order valence-electron chi connectivity index (χ4n) is 1.64. The van der Waals surface area contributed by atoms with Gasteiger partial charge in [-0.1, -0.05) is 36.2 Å². The van der Waals surface area contributed by atoms with E-state index in [1.165, 1.54) is 5.56 Å². The van der Waals surface area contributed by atoms with Crippen molar-refractivity contribution in [1.82, 2.24) is 10.1 Å². The molecule has 17 heavy (non-hydrogen) atoms. The van der Waals surface area contributed by atoms with Crippen molar-refractivity contribution in [3.63, 3.8) is 0 Å². The van der Waals surface area contributed by atoms with Crippen LogP contribution in [0.2, 0.25) is 0 Å². The third-order valence-corrected chi connectivity index (χ3v) is 2.94. The lowest BCUT2D eigenvalue weighted by molar-refractivity contribution is 0.420. The molecule has 1 aromatic heterocycles. The van der Waals surface area contributed by atoms with Crippen LogP contribution in [0.15, 0.2) is 28.8 Å². The predicted molar refractivity (Wildman–Crippen MR) is 68.0 cm³/mol. The molecule has 4 heteroatoms. The Morgan fingerprint density at radius 1 is 1.41 bits per heavy atom. The van der Waals surface area contributed by atoms with Gasteiger partial charge in [0.25, 0.3) is 5.89 Å². The van der Waals surface area contributed by atoms with Crippen LogP contribution in [-0.2, 0) is 0 Å². The zero-order valence-corrected chi connectivity index (χ0v) is 10.7. The maximum absolute atomic E-state index is 6.15. The smallest absolute Gasteiger partial charge is 0.257 e. The maximum Gasteiger partial charge on any atom is 0.257 e. The Balaban J connectivity index is 2.23. The van der Waals surface area contributed by atoms with E-state index >= 15 is 0 Å². The van der Waals surface area contributed by atoms with Crippen LogP contribution >= 0.6 is 11.6 Å². The Kier molecular flexibility index (Phi) is 3.79. The maximum atomic E-state index is 6.15. The van der Waals surface area contributed by atoms with Crippen molar-refractivity contribution in [2.75, 3.05) is 0 Å². The summed E-state index contributed by atoms with van der Waals surface area (Å²) in [6, 6.07) is 7.97. The Bertz CT molecular complexity index is 496. The van der Waals surface area contributed by atoms with Crippen LogP contribution in [0.4, 0.5) is 0 Å². The lowest BCUT2D eigenvalue weighted by Crippen LogP contribution is -1.92. The zero-order chi connectivity index (χ0) is 12.3. The minimum Gasteiger partial charge on any atom is -0.334 e. The van der Waals surface area contributed by atoms with Gasteiger partial charge in [0.15, 0.2) is 5.82 Å². The van der Waals surface area contributed by atoms with Gasteiger partial charge in [-0.2, -0.15) is 4.98 Å². The van der Waals surface area contributed by atoms with Crippen molar-refractivity contribution in [2.24, 2.45) is 0 Å². The summed E-state index contributed by atoms with van der Waals surface area (Å²) >= 11 is 6.15. The second-order valence-electron chi connectivity index (χ2n) is 4.08. The normalized spacial score (nSPS) is 12.6. The average Bonchev–Trinajstić information content (AvgIpc) is 2.78. The summed E-state index contributed by atoms with van der Waals surface area (Å²) in [5, 5.41) is 3.76. The highest BCUT2D eigenvalue weighted by Crippen LogP contribution is 2.26. The van der Waals surface area contributed by atoms with Gasteiger partial charge in [0.05, 0.1) is 5.38 Å². The molecule has 0 radical (unpaired) electrons. The molecule has 2 aromatic rings. The summed E-state index contributed by atoms with van der Waals surface area (Å²) in [7, 11) is 0. The van der Waals surface area contributed by atoms with E-state index in [1.54, 1.807) is 0 Å². The van der Waals surface area contributed by atoms with Crippen molar-refractivity contribution in [3.8, 4) is 11.5 Å². The van der Waals surface area contributed by atoms with Crippen molar-refractivity contribution in [3.05, 3.63) is 35.7 Å². The van der Waals surface area contributed by atoms with E-state index in [2.05, 4.69) is 17.1 Å². The summed E-state index contributed by atoms with van der Waals surface area (Å²) in [4.78, 5) is 4.33. The highest BCUT2D eigenvalue weighted by Gasteiger charge is 2.15. The van der Waals surface area contributed by atoms with Crippen LogP contribution in [-0.4, -0.2) is 10.1 Å². The first-order valence-electron chi connectivity index (χ1n) is 5.75. The molecule has 0 aliphatic carbocycles. The molecule has 0 fully saturated rings. The monoisotopic (exact) mass is 250 g/mol. The van der Waals surface area contributed by atoms with E-state index in [1.807, 2.05) is 31.2 Å². The van der Waals surface area contributed by atoms with Gasteiger partial charge in [0, 0.05) is 5.56 Å². The van der Waals surface area contributed by atoms with Crippen LogP contribution in [0.25, 0.3) is 11.5 Å². The van der Waals surface area contributed by atoms with Crippen LogP contribution in [0.3, 0.4) is 0 Å². The molecule has 0 aliphatic rings. The molecule has 90 valence electrons. The number of aryl methyl sites for hydroxylation is 1. The lowest BCUT2D eigenvalue weighted by Gasteiger charge is -1.99. The first-order chi connectivity index (χ1) is 8.20. The second kappa shape index (κ2) is 5.32. The highest BCUT2D eigenvalue weighted by molar-refractivity contribution is 6.20. The van der Waals surface area contributed by atoms with Crippen LogP contribution < -0.4 is 0 Å². The highest BCUT2D eigenvalue weighted by atomic mass is 35.5. The van der Waals surface area contributed by atoms with E-state index in [9.17, 15) is 0 Å². The summed E-state index contributed by atoms with van der Waals surface area (Å²) in [5.74, 6) is 1.11. The number of hydrogen-bond acceptors (Lipinski definition) is 3. The fraction of sp³-hybridized carbons (Fsp3) is 0.385.